The van der Waals surface area contributed by atoms with Crippen LogP contribution in [0.15, 0.2) is 36.5 Å². The maximum absolute atomic E-state index is 12.8. The first-order valence-corrected chi connectivity index (χ1v) is 9.87. The van der Waals surface area contributed by atoms with Crippen LogP contribution < -0.4 is 5.32 Å². The van der Waals surface area contributed by atoms with E-state index in [1.54, 1.807) is 12.2 Å². The van der Waals surface area contributed by atoms with Crippen LogP contribution in [0.5, 0.6) is 0 Å². The molecular weight excluding hydrogens is 340 g/mol. The van der Waals surface area contributed by atoms with Crippen LogP contribution in [0.25, 0.3) is 0 Å². The predicted octanol–water partition coefficient (Wildman–Crippen LogP) is 3.38. The molecule has 27 heavy (non-hydrogen) atoms. The molecular formula is C22H32N2O3. The SMILES string of the molecule is C=C/C=C(\CC)C(=O)N[C@@H]1CC(C)C(CC)C1C(C)(C)N1C(=O)C=CC1=O. The molecule has 1 aliphatic heterocycles. The Morgan fingerprint density at radius 3 is 2.37 bits per heavy atom. The van der Waals surface area contributed by atoms with Crippen LogP contribution in [-0.4, -0.2) is 34.2 Å². The van der Waals surface area contributed by atoms with Crippen molar-refractivity contribution in [1.82, 2.24) is 10.2 Å². The van der Waals surface area contributed by atoms with Crippen LogP contribution in [0.2, 0.25) is 0 Å². The number of rotatable bonds is 7. The van der Waals surface area contributed by atoms with Gasteiger partial charge in [-0.05, 0) is 38.5 Å². The molecule has 3 amide bonds. The second kappa shape index (κ2) is 8.24. The van der Waals surface area contributed by atoms with E-state index in [0.29, 0.717) is 23.8 Å². The fourth-order valence-corrected chi connectivity index (χ4v) is 5.07. The van der Waals surface area contributed by atoms with Crippen molar-refractivity contribution in [3.05, 3.63) is 36.5 Å². The van der Waals surface area contributed by atoms with Gasteiger partial charge in [-0.25, -0.2) is 0 Å². The molecule has 0 aromatic carbocycles. The summed E-state index contributed by atoms with van der Waals surface area (Å²) in [6.45, 7) is 13.8. The Labute approximate surface area is 162 Å². The summed E-state index contributed by atoms with van der Waals surface area (Å²) in [7, 11) is 0. The number of hydrogen-bond acceptors (Lipinski definition) is 3. The standard InChI is InChI=1S/C22H32N2O3/c1-7-10-15(8-2)21(27)23-17-13-14(4)16(9-3)20(17)22(5,6)24-18(25)11-12-19(24)26/h7,10-12,14,16-17,20H,1,8-9,13H2,2-6H3,(H,23,27)/b15-10+/t14?,16?,17-,20?/m1/s1. The summed E-state index contributed by atoms with van der Waals surface area (Å²) in [5, 5.41) is 3.19. The van der Waals surface area contributed by atoms with E-state index in [1.807, 2.05) is 20.8 Å². The lowest BCUT2D eigenvalue weighted by Gasteiger charge is -2.44. The molecule has 1 saturated carbocycles. The smallest absolute Gasteiger partial charge is 0.254 e. The molecule has 5 nitrogen and oxygen atoms in total. The number of carbonyl (C=O) groups is 3. The van der Waals surface area contributed by atoms with Gasteiger partial charge in [-0.1, -0.05) is 45.9 Å². The quantitative estimate of drug-likeness (QED) is 0.423. The van der Waals surface area contributed by atoms with E-state index < -0.39 is 5.54 Å². The zero-order valence-corrected chi connectivity index (χ0v) is 17.1. The van der Waals surface area contributed by atoms with Gasteiger partial charge in [0, 0.05) is 29.7 Å². The number of hydrogen-bond donors (Lipinski definition) is 1. The molecule has 2 rings (SSSR count). The van der Waals surface area contributed by atoms with Gasteiger partial charge in [0.15, 0.2) is 0 Å². The van der Waals surface area contributed by atoms with Gasteiger partial charge >= 0.3 is 0 Å². The Balaban J connectivity index is 2.35. The molecule has 0 saturated heterocycles. The highest BCUT2D eigenvalue weighted by molar-refractivity contribution is 6.13. The summed E-state index contributed by atoms with van der Waals surface area (Å²) in [4.78, 5) is 38.8. The van der Waals surface area contributed by atoms with E-state index in [9.17, 15) is 14.4 Å². The van der Waals surface area contributed by atoms with Crippen LogP contribution >= 0.6 is 0 Å². The van der Waals surface area contributed by atoms with Gasteiger partial charge in [-0.2, -0.15) is 0 Å². The van der Waals surface area contributed by atoms with Crippen molar-refractivity contribution in [2.45, 2.75) is 65.5 Å². The van der Waals surface area contributed by atoms with Gasteiger partial charge in [0.05, 0.1) is 5.54 Å². The molecule has 2 aliphatic rings. The van der Waals surface area contributed by atoms with Gasteiger partial charge < -0.3 is 5.32 Å². The van der Waals surface area contributed by atoms with Crippen molar-refractivity contribution in [2.75, 3.05) is 0 Å². The Morgan fingerprint density at radius 2 is 1.89 bits per heavy atom. The first-order chi connectivity index (χ1) is 12.7. The number of imide groups is 1. The van der Waals surface area contributed by atoms with Gasteiger partial charge in [-0.15, -0.1) is 0 Å². The van der Waals surface area contributed by atoms with Gasteiger partial charge in [0.2, 0.25) is 5.91 Å². The molecule has 148 valence electrons. The zero-order chi connectivity index (χ0) is 20.4. The maximum Gasteiger partial charge on any atom is 0.254 e. The number of nitrogens with one attached hydrogen (secondary N) is 1. The Bertz CT molecular complexity index is 672. The van der Waals surface area contributed by atoms with E-state index in [-0.39, 0.29) is 29.7 Å². The lowest BCUT2D eigenvalue weighted by Crippen LogP contribution is -2.58. The molecule has 3 unspecified atom stereocenters. The molecule has 0 aromatic heterocycles. The minimum absolute atomic E-state index is 0.00362. The number of allylic oxidation sites excluding steroid dienone is 2. The highest BCUT2D eigenvalue weighted by Crippen LogP contribution is 2.47. The van der Waals surface area contributed by atoms with E-state index in [1.165, 1.54) is 17.1 Å². The highest BCUT2D eigenvalue weighted by atomic mass is 16.2. The summed E-state index contributed by atoms with van der Waals surface area (Å²) in [6, 6.07) is -0.0894. The number of carbonyl (C=O) groups excluding carboxylic acids is 3. The molecule has 1 heterocycles. The van der Waals surface area contributed by atoms with Crippen LogP contribution in [-0.2, 0) is 14.4 Å². The van der Waals surface area contributed by atoms with E-state index in [4.69, 9.17) is 0 Å². The van der Waals surface area contributed by atoms with Crippen molar-refractivity contribution < 1.29 is 14.4 Å². The third-order valence-electron chi connectivity index (χ3n) is 6.23. The van der Waals surface area contributed by atoms with E-state index in [0.717, 1.165) is 12.8 Å². The average Bonchev–Trinajstić information content (AvgIpc) is 3.11. The van der Waals surface area contributed by atoms with Crippen LogP contribution in [0.3, 0.4) is 0 Å². The number of amides is 3. The predicted molar refractivity (Wildman–Crippen MR) is 107 cm³/mol. The summed E-state index contributed by atoms with van der Waals surface area (Å²) in [5.74, 6) is 0.0785. The van der Waals surface area contributed by atoms with Crippen molar-refractivity contribution >= 4 is 17.7 Å². The lowest BCUT2D eigenvalue weighted by atomic mass is 9.74. The topological polar surface area (TPSA) is 66.5 Å². The molecule has 1 N–H and O–H groups in total. The van der Waals surface area contributed by atoms with E-state index in [2.05, 4.69) is 25.7 Å². The highest BCUT2D eigenvalue weighted by Gasteiger charge is 2.53. The minimum Gasteiger partial charge on any atom is -0.349 e. The minimum atomic E-state index is -0.685. The molecule has 1 fully saturated rings. The number of nitrogens with zero attached hydrogens (tertiary/aromatic N) is 1. The first-order valence-electron chi connectivity index (χ1n) is 9.87. The monoisotopic (exact) mass is 372 g/mol. The lowest BCUT2D eigenvalue weighted by molar-refractivity contribution is -0.146. The Morgan fingerprint density at radius 1 is 1.30 bits per heavy atom. The van der Waals surface area contributed by atoms with Gasteiger partial charge in [0.1, 0.15) is 0 Å². The first kappa shape index (κ1) is 21.1. The summed E-state index contributed by atoms with van der Waals surface area (Å²) in [5.41, 5.74) is -0.000544. The summed E-state index contributed by atoms with van der Waals surface area (Å²) < 4.78 is 0. The molecule has 0 radical (unpaired) electrons. The largest absolute Gasteiger partial charge is 0.349 e. The maximum atomic E-state index is 12.8. The van der Waals surface area contributed by atoms with Crippen molar-refractivity contribution in [3.63, 3.8) is 0 Å². The third-order valence-corrected chi connectivity index (χ3v) is 6.23. The van der Waals surface area contributed by atoms with Crippen LogP contribution in [0.1, 0.15) is 53.9 Å². The fourth-order valence-electron chi connectivity index (χ4n) is 5.07. The average molecular weight is 373 g/mol. The second-order valence-corrected chi connectivity index (χ2v) is 8.17. The Kier molecular flexibility index (Phi) is 6.45. The zero-order valence-electron chi connectivity index (χ0n) is 17.1. The van der Waals surface area contributed by atoms with Crippen LogP contribution in [0, 0.1) is 17.8 Å². The molecule has 5 heteroatoms. The summed E-state index contributed by atoms with van der Waals surface area (Å²) in [6.07, 6.45) is 8.43. The van der Waals surface area contributed by atoms with Gasteiger partial charge in [-0.3, -0.25) is 19.3 Å². The van der Waals surface area contributed by atoms with E-state index >= 15 is 0 Å². The molecule has 1 aliphatic carbocycles. The normalized spacial score (nSPS) is 28.8. The van der Waals surface area contributed by atoms with Crippen LogP contribution in [0.4, 0.5) is 0 Å². The third kappa shape index (κ3) is 3.92. The molecule has 0 aromatic rings. The molecule has 4 atom stereocenters. The molecule has 0 spiro atoms. The summed E-state index contributed by atoms with van der Waals surface area (Å²) >= 11 is 0. The molecule has 0 bridgehead atoms. The van der Waals surface area contributed by atoms with Gasteiger partial charge in [0.25, 0.3) is 11.8 Å². The fraction of sp³-hybridized carbons (Fsp3) is 0.591. The van der Waals surface area contributed by atoms with Crippen molar-refractivity contribution in [1.29, 1.82) is 0 Å². The Hall–Kier alpha value is -2.17. The van der Waals surface area contributed by atoms with Crippen molar-refractivity contribution in [3.8, 4) is 0 Å². The van der Waals surface area contributed by atoms with Crippen molar-refractivity contribution in [2.24, 2.45) is 17.8 Å². The second-order valence-electron chi connectivity index (χ2n) is 8.17.